The Morgan fingerprint density at radius 3 is 2.07 bits per heavy atom. The van der Waals surface area contributed by atoms with E-state index in [0.717, 1.165) is 30.1 Å². The molecule has 3 saturated carbocycles. The monoisotopic (exact) mass is 634 g/mol. The largest absolute Gasteiger partial charge is 0.414 e. The maximum Gasteiger partial charge on any atom is 0.184 e. The van der Waals surface area contributed by atoms with E-state index in [2.05, 4.69) is 99.6 Å². The number of hydrogen-bond donors (Lipinski definition) is 0. The van der Waals surface area contributed by atoms with Crippen LogP contribution in [0.5, 0.6) is 0 Å². The molecule has 0 N–H and O–H groups in total. The Bertz CT molecular complexity index is 973. The van der Waals surface area contributed by atoms with Gasteiger partial charge in [0.1, 0.15) is 0 Å². The molecule has 8 unspecified atom stereocenters. The maximum atomic E-state index is 7.19. The van der Waals surface area contributed by atoms with Crippen LogP contribution >= 0.6 is 0 Å². The fourth-order valence-electron chi connectivity index (χ4n) is 10.6. The lowest BCUT2D eigenvalue weighted by Crippen LogP contribution is -2.57. The average molecular weight is 635 g/mol. The molecule has 42 heavy (non-hydrogen) atoms. The topological polar surface area (TPSA) is 27.7 Å². The van der Waals surface area contributed by atoms with Gasteiger partial charge in [0.05, 0.1) is 11.7 Å². The van der Waals surface area contributed by atoms with Crippen LogP contribution in [-0.2, 0) is 13.3 Å². The van der Waals surface area contributed by atoms with E-state index in [0.29, 0.717) is 29.0 Å². The predicted octanol–water partition coefficient (Wildman–Crippen LogP) is 11.1. The molecular formula is C36H70O3Si3. The third-order valence-corrected chi connectivity index (χ3v) is 15.0. The zero-order valence-corrected chi connectivity index (χ0v) is 33.4. The first-order valence-electron chi connectivity index (χ1n) is 17.8. The fourth-order valence-corrected chi connectivity index (χ4v) is 14.6. The van der Waals surface area contributed by atoms with Gasteiger partial charge in [-0.25, -0.2) is 0 Å². The highest BCUT2D eigenvalue weighted by Gasteiger charge is 2.61. The van der Waals surface area contributed by atoms with Crippen molar-refractivity contribution in [3.63, 3.8) is 0 Å². The van der Waals surface area contributed by atoms with Crippen LogP contribution in [-0.4, -0.2) is 42.8 Å². The summed E-state index contributed by atoms with van der Waals surface area (Å²) in [5.74, 6) is 3.87. The van der Waals surface area contributed by atoms with Gasteiger partial charge in [-0.2, -0.15) is 0 Å². The second-order valence-electron chi connectivity index (χ2n) is 19.3. The fraction of sp³-hybridized carbons (Fsp3) is 0.944. The van der Waals surface area contributed by atoms with E-state index < -0.39 is 25.0 Å². The summed E-state index contributed by atoms with van der Waals surface area (Å²) >= 11 is 0. The van der Waals surface area contributed by atoms with E-state index in [1.807, 2.05) is 0 Å². The van der Waals surface area contributed by atoms with Gasteiger partial charge in [0.15, 0.2) is 25.0 Å². The third-order valence-electron chi connectivity index (χ3n) is 11.9. The second kappa shape index (κ2) is 12.1. The van der Waals surface area contributed by atoms with E-state index >= 15 is 0 Å². The van der Waals surface area contributed by atoms with Gasteiger partial charge in [0, 0.05) is 6.10 Å². The van der Waals surface area contributed by atoms with Crippen molar-refractivity contribution in [3.05, 3.63) is 11.6 Å². The lowest BCUT2D eigenvalue weighted by molar-refractivity contribution is -0.0924. The van der Waals surface area contributed by atoms with Gasteiger partial charge in [-0.3, -0.25) is 0 Å². The zero-order chi connectivity index (χ0) is 31.5. The van der Waals surface area contributed by atoms with E-state index in [4.69, 9.17) is 13.3 Å². The highest BCUT2D eigenvalue weighted by Crippen LogP contribution is 2.68. The van der Waals surface area contributed by atoms with Crippen molar-refractivity contribution in [1.29, 1.82) is 0 Å². The van der Waals surface area contributed by atoms with Crippen LogP contribution in [0.25, 0.3) is 0 Å². The first-order valence-corrected chi connectivity index (χ1v) is 28.0. The molecule has 0 bridgehead atoms. The number of fused-ring (bicyclic) bond motifs is 5. The Morgan fingerprint density at radius 2 is 1.48 bits per heavy atom. The molecule has 0 amide bonds. The third kappa shape index (κ3) is 7.97. The van der Waals surface area contributed by atoms with Crippen LogP contribution in [0.3, 0.4) is 0 Å². The Balaban J connectivity index is 1.53. The lowest BCUT2D eigenvalue weighted by Gasteiger charge is -2.61. The molecule has 4 rings (SSSR count). The summed E-state index contributed by atoms with van der Waals surface area (Å²) in [5.41, 5.74) is 2.48. The zero-order valence-electron chi connectivity index (χ0n) is 30.4. The molecule has 0 heterocycles. The molecule has 0 aromatic rings. The molecule has 4 aliphatic carbocycles. The predicted molar refractivity (Wildman–Crippen MR) is 189 cm³/mol. The molecule has 0 aromatic carbocycles. The summed E-state index contributed by atoms with van der Waals surface area (Å²) in [7, 11) is -4.77. The quantitative estimate of drug-likeness (QED) is 0.167. The van der Waals surface area contributed by atoms with Crippen molar-refractivity contribution in [2.24, 2.45) is 40.4 Å². The molecule has 0 saturated heterocycles. The van der Waals surface area contributed by atoms with Gasteiger partial charge in [0.2, 0.25) is 0 Å². The van der Waals surface area contributed by atoms with Crippen molar-refractivity contribution >= 4 is 25.0 Å². The van der Waals surface area contributed by atoms with Crippen molar-refractivity contribution in [3.8, 4) is 0 Å². The van der Waals surface area contributed by atoms with Gasteiger partial charge in [-0.1, -0.05) is 45.3 Å². The number of rotatable bonds is 11. The standard InChI is InChI=1S/C36H70O3Si3/c1-26(16-15-21-34(2,3)39-42(12,13)14)29-17-18-30-33-31(20-23-36(29,30)5)35(4)22-19-28(37-40(6,7)8)24-27(35)25-32(33)38-41(9,10)11/h25-26,28-33H,15-24H2,1-14H3/t26?,28-,29?,30?,31?,32?,33?,35?,36?/m0/s1. The minimum absolute atomic E-state index is 0.00642. The minimum Gasteiger partial charge on any atom is -0.414 e. The number of hydrogen-bond acceptors (Lipinski definition) is 3. The van der Waals surface area contributed by atoms with Crippen LogP contribution in [0.4, 0.5) is 0 Å². The van der Waals surface area contributed by atoms with Crippen molar-refractivity contribution in [1.82, 2.24) is 0 Å². The molecule has 9 atom stereocenters. The van der Waals surface area contributed by atoms with E-state index in [9.17, 15) is 0 Å². The summed E-state index contributed by atoms with van der Waals surface area (Å²) in [4.78, 5) is 0. The molecule has 0 aliphatic heterocycles. The maximum absolute atomic E-state index is 7.19. The molecule has 0 radical (unpaired) electrons. The molecule has 6 heteroatoms. The minimum atomic E-state index is -1.69. The van der Waals surface area contributed by atoms with Crippen molar-refractivity contribution in [2.45, 2.75) is 176 Å². The van der Waals surface area contributed by atoms with Crippen LogP contribution < -0.4 is 0 Å². The molecular weight excluding hydrogens is 565 g/mol. The Labute approximate surface area is 265 Å². The van der Waals surface area contributed by atoms with Gasteiger partial charge >= 0.3 is 0 Å². The SMILES string of the molecule is CC(CCCC(C)(C)O[Si](C)(C)C)C1CCC2C3C(O[Si](C)(C)C)C=C4C[C@@H](O[Si](C)(C)C)CCC4(C)C3CCC12C. The van der Waals surface area contributed by atoms with Crippen molar-refractivity contribution < 1.29 is 13.3 Å². The van der Waals surface area contributed by atoms with Crippen LogP contribution in [0, 0.1) is 40.4 Å². The van der Waals surface area contributed by atoms with Crippen LogP contribution in [0.1, 0.15) is 98.8 Å². The average Bonchev–Trinajstić information content (AvgIpc) is 3.13. The Kier molecular flexibility index (Phi) is 10.1. The highest BCUT2D eigenvalue weighted by molar-refractivity contribution is 6.70. The molecule has 4 aliphatic rings. The first-order chi connectivity index (χ1) is 19.0. The van der Waals surface area contributed by atoms with Crippen molar-refractivity contribution in [2.75, 3.05) is 0 Å². The second-order valence-corrected chi connectivity index (χ2v) is 32.6. The highest BCUT2D eigenvalue weighted by atomic mass is 28.4. The summed E-state index contributed by atoms with van der Waals surface area (Å²) in [5, 5.41) is 0. The summed E-state index contributed by atoms with van der Waals surface area (Å²) in [6.45, 7) is 33.8. The smallest absolute Gasteiger partial charge is 0.184 e. The Morgan fingerprint density at radius 1 is 0.833 bits per heavy atom. The Hall–Kier alpha value is 0.271. The van der Waals surface area contributed by atoms with Gasteiger partial charge in [-0.05, 0) is 165 Å². The van der Waals surface area contributed by atoms with E-state index in [1.54, 1.807) is 5.57 Å². The lowest BCUT2D eigenvalue weighted by atomic mass is 9.46. The van der Waals surface area contributed by atoms with Gasteiger partial charge in [0.25, 0.3) is 0 Å². The van der Waals surface area contributed by atoms with Crippen LogP contribution in [0.15, 0.2) is 11.6 Å². The molecule has 0 aromatic heterocycles. The van der Waals surface area contributed by atoms with Crippen LogP contribution in [0.2, 0.25) is 58.9 Å². The molecule has 244 valence electrons. The molecule has 3 fully saturated rings. The van der Waals surface area contributed by atoms with Gasteiger partial charge in [-0.15, -0.1) is 0 Å². The molecule has 0 spiro atoms. The summed E-state index contributed by atoms with van der Waals surface area (Å²) in [6, 6.07) is 0. The van der Waals surface area contributed by atoms with E-state index in [1.165, 1.54) is 57.8 Å². The van der Waals surface area contributed by atoms with E-state index in [-0.39, 0.29) is 5.60 Å². The summed E-state index contributed by atoms with van der Waals surface area (Å²) < 4.78 is 20.4. The van der Waals surface area contributed by atoms with Gasteiger partial charge < -0.3 is 13.3 Å². The molecule has 3 nitrogen and oxygen atoms in total. The first kappa shape index (κ1) is 35.1. The normalized spacial score (nSPS) is 38.4. The summed E-state index contributed by atoms with van der Waals surface area (Å²) in [6.07, 6.45) is 16.5.